The highest BCUT2D eigenvalue weighted by Gasteiger charge is 2.25. The second kappa shape index (κ2) is 8.82. The van der Waals surface area contributed by atoms with Gasteiger partial charge in [0.05, 0.1) is 25.4 Å². The second-order valence-electron chi connectivity index (χ2n) is 6.37. The Balaban J connectivity index is 1.38. The Morgan fingerprint density at radius 2 is 2.04 bits per heavy atom. The normalized spacial score (nSPS) is 17.8. The van der Waals surface area contributed by atoms with Gasteiger partial charge in [0, 0.05) is 25.9 Å². The number of rotatable bonds is 7. The van der Waals surface area contributed by atoms with Crippen molar-refractivity contribution in [2.75, 3.05) is 57.4 Å². The fourth-order valence-corrected chi connectivity index (χ4v) is 3.18. The Morgan fingerprint density at radius 3 is 2.88 bits per heavy atom. The topological polar surface area (TPSA) is 72.3 Å². The molecule has 2 amide bonds. The van der Waals surface area contributed by atoms with Crippen LogP contribution in [-0.4, -0.2) is 64.4 Å². The molecule has 0 saturated carbocycles. The molecular formula is C18H26N3O4+. The number of nitrogens with one attached hydrogen (secondary N) is 2. The van der Waals surface area contributed by atoms with Gasteiger partial charge in [0.25, 0.3) is 5.91 Å². The number of para-hydroxylation sites is 2. The fraction of sp³-hybridized carbons (Fsp3) is 0.556. The standard InChI is InChI=1S/C18H25N3O4/c22-17(19-7-3-8-20-10-12-24-13-11-20)6-9-21-15-4-1-2-5-16(15)25-14-18(21)23/h1-2,4-5H,3,6-14H2,(H,19,22)/p+1. The summed E-state index contributed by atoms with van der Waals surface area (Å²) in [5.74, 6) is 0.562. The van der Waals surface area contributed by atoms with Crippen LogP contribution in [-0.2, 0) is 14.3 Å². The molecule has 0 atom stereocenters. The number of quaternary nitrogens is 1. The van der Waals surface area contributed by atoms with Gasteiger partial charge in [0.2, 0.25) is 5.91 Å². The lowest BCUT2D eigenvalue weighted by Crippen LogP contribution is -3.14. The molecule has 7 heteroatoms. The van der Waals surface area contributed by atoms with Gasteiger partial charge in [-0.25, -0.2) is 0 Å². The van der Waals surface area contributed by atoms with Crippen LogP contribution in [0.2, 0.25) is 0 Å². The summed E-state index contributed by atoms with van der Waals surface area (Å²) in [6.45, 7) is 5.89. The number of hydrogen-bond acceptors (Lipinski definition) is 4. The Morgan fingerprint density at radius 1 is 1.24 bits per heavy atom. The maximum absolute atomic E-state index is 12.1. The highest BCUT2D eigenvalue weighted by molar-refractivity contribution is 5.98. The summed E-state index contributed by atoms with van der Waals surface area (Å²) in [6.07, 6.45) is 1.25. The van der Waals surface area contributed by atoms with Gasteiger partial charge < -0.3 is 24.6 Å². The molecule has 1 aromatic rings. The molecule has 1 aromatic carbocycles. The average molecular weight is 348 g/mol. The highest BCUT2D eigenvalue weighted by atomic mass is 16.5. The number of nitrogens with zero attached hydrogens (tertiary/aromatic N) is 1. The first-order valence-electron chi connectivity index (χ1n) is 8.94. The van der Waals surface area contributed by atoms with Crippen LogP contribution in [0.25, 0.3) is 0 Å². The van der Waals surface area contributed by atoms with Crippen molar-refractivity contribution in [3.8, 4) is 5.75 Å². The average Bonchev–Trinajstić information content (AvgIpc) is 2.65. The predicted octanol–water partition coefficient (Wildman–Crippen LogP) is -0.776. The number of ether oxygens (including phenoxy) is 2. The fourth-order valence-electron chi connectivity index (χ4n) is 3.18. The first-order chi connectivity index (χ1) is 12.2. The summed E-state index contributed by atoms with van der Waals surface area (Å²) in [5.41, 5.74) is 0.738. The number of fused-ring (bicyclic) bond motifs is 1. The van der Waals surface area contributed by atoms with Crippen molar-refractivity contribution in [1.82, 2.24) is 5.32 Å². The van der Waals surface area contributed by atoms with Gasteiger partial charge in [0.1, 0.15) is 18.8 Å². The molecule has 0 aromatic heterocycles. The molecule has 1 fully saturated rings. The minimum absolute atomic E-state index is 0.0197. The summed E-state index contributed by atoms with van der Waals surface area (Å²) < 4.78 is 10.7. The number of carbonyl (C=O) groups excluding carboxylic acids is 2. The zero-order valence-corrected chi connectivity index (χ0v) is 14.5. The summed E-state index contributed by atoms with van der Waals surface area (Å²) in [7, 11) is 0. The van der Waals surface area contributed by atoms with Crippen molar-refractivity contribution in [1.29, 1.82) is 0 Å². The first-order valence-corrected chi connectivity index (χ1v) is 8.94. The second-order valence-corrected chi connectivity index (χ2v) is 6.37. The quantitative estimate of drug-likeness (QED) is 0.635. The monoisotopic (exact) mass is 348 g/mol. The molecule has 0 aliphatic carbocycles. The van der Waals surface area contributed by atoms with Crippen molar-refractivity contribution in [2.45, 2.75) is 12.8 Å². The van der Waals surface area contributed by atoms with E-state index in [1.54, 1.807) is 4.90 Å². The van der Waals surface area contributed by atoms with Crippen LogP contribution in [0.4, 0.5) is 5.69 Å². The molecule has 3 rings (SSSR count). The molecule has 136 valence electrons. The highest BCUT2D eigenvalue weighted by Crippen LogP contribution is 2.31. The number of carbonyl (C=O) groups is 2. The van der Waals surface area contributed by atoms with E-state index in [2.05, 4.69) is 5.32 Å². The van der Waals surface area contributed by atoms with Crippen LogP contribution in [0.3, 0.4) is 0 Å². The van der Waals surface area contributed by atoms with Crippen LogP contribution in [0.1, 0.15) is 12.8 Å². The first kappa shape index (κ1) is 17.7. The SMILES string of the molecule is O=C(CCN1C(=O)COc2ccccc21)NCCC[NH+]1CCOCC1. The third-order valence-electron chi connectivity index (χ3n) is 4.60. The van der Waals surface area contributed by atoms with E-state index in [-0.39, 0.29) is 18.4 Å². The molecule has 0 spiro atoms. The van der Waals surface area contributed by atoms with E-state index in [0.29, 0.717) is 25.3 Å². The van der Waals surface area contributed by atoms with E-state index in [4.69, 9.17) is 9.47 Å². The van der Waals surface area contributed by atoms with E-state index in [1.165, 1.54) is 4.90 Å². The number of benzene rings is 1. The minimum Gasteiger partial charge on any atom is -0.482 e. The Labute approximate surface area is 147 Å². The van der Waals surface area contributed by atoms with E-state index in [9.17, 15) is 9.59 Å². The maximum Gasteiger partial charge on any atom is 0.265 e. The molecule has 25 heavy (non-hydrogen) atoms. The van der Waals surface area contributed by atoms with Gasteiger partial charge in [-0.15, -0.1) is 0 Å². The Hall–Kier alpha value is -2.12. The molecule has 0 radical (unpaired) electrons. The van der Waals surface area contributed by atoms with Crippen LogP contribution >= 0.6 is 0 Å². The van der Waals surface area contributed by atoms with Gasteiger partial charge in [-0.1, -0.05) is 12.1 Å². The van der Waals surface area contributed by atoms with E-state index < -0.39 is 0 Å². The van der Waals surface area contributed by atoms with Crippen LogP contribution in [0, 0.1) is 0 Å². The van der Waals surface area contributed by atoms with Gasteiger partial charge in [-0.2, -0.15) is 0 Å². The maximum atomic E-state index is 12.1. The van der Waals surface area contributed by atoms with Gasteiger partial charge in [-0.3, -0.25) is 9.59 Å². The summed E-state index contributed by atoms with van der Waals surface area (Å²) in [6, 6.07) is 7.41. The van der Waals surface area contributed by atoms with Crippen molar-refractivity contribution in [3.05, 3.63) is 24.3 Å². The van der Waals surface area contributed by atoms with Crippen LogP contribution < -0.4 is 19.9 Å². The van der Waals surface area contributed by atoms with Crippen molar-refractivity contribution in [3.63, 3.8) is 0 Å². The Bertz CT molecular complexity index is 602. The summed E-state index contributed by atoms with van der Waals surface area (Å²) >= 11 is 0. The number of amides is 2. The van der Waals surface area contributed by atoms with Crippen LogP contribution in [0.15, 0.2) is 24.3 Å². The minimum atomic E-state index is -0.109. The number of anilines is 1. The van der Waals surface area contributed by atoms with E-state index in [1.807, 2.05) is 24.3 Å². The third kappa shape index (κ3) is 4.93. The van der Waals surface area contributed by atoms with Crippen molar-refractivity contribution in [2.24, 2.45) is 0 Å². The van der Waals surface area contributed by atoms with Crippen molar-refractivity contribution >= 4 is 17.5 Å². The molecule has 2 aliphatic heterocycles. The van der Waals surface area contributed by atoms with Crippen molar-refractivity contribution < 1.29 is 24.0 Å². The molecule has 2 heterocycles. The lowest BCUT2D eigenvalue weighted by Gasteiger charge is -2.29. The smallest absolute Gasteiger partial charge is 0.265 e. The van der Waals surface area contributed by atoms with Gasteiger partial charge >= 0.3 is 0 Å². The lowest BCUT2D eigenvalue weighted by molar-refractivity contribution is -0.908. The summed E-state index contributed by atoms with van der Waals surface area (Å²) in [5, 5.41) is 2.95. The zero-order chi connectivity index (χ0) is 17.5. The number of morpholine rings is 1. The van der Waals surface area contributed by atoms with Gasteiger partial charge in [0.15, 0.2) is 6.61 Å². The van der Waals surface area contributed by atoms with E-state index in [0.717, 1.165) is 45.0 Å². The molecule has 2 N–H and O–H groups in total. The summed E-state index contributed by atoms with van der Waals surface area (Å²) in [4.78, 5) is 27.3. The number of hydrogen-bond donors (Lipinski definition) is 2. The third-order valence-corrected chi connectivity index (χ3v) is 4.60. The zero-order valence-electron chi connectivity index (χ0n) is 14.5. The van der Waals surface area contributed by atoms with Gasteiger partial charge in [-0.05, 0) is 12.1 Å². The Kier molecular flexibility index (Phi) is 6.25. The molecule has 0 unspecified atom stereocenters. The largest absolute Gasteiger partial charge is 0.482 e. The molecule has 7 nitrogen and oxygen atoms in total. The predicted molar refractivity (Wildman–Crippen MR) is 92.9 cm³/mol. The molecule has 2 aliphatic rings. The molecule has 0 bridgehead atoms. The van der Waals surface area contributed by atoms with E-state index >= 15 is 0 Å². The molecule has 1 saturated heterocycles. The molecular weight excluding hydrogens is 322 g/mol. The lowest BCUT2D eigenvalue weighted by atomic mass is 10.2. The van der Waals surface area contributed by atoms with Crippen LogP contribution in [0.5, 0.6) is 5.75 Å².